The van der Waals surface area contributed by atoms with Gasteiger partial charge in [-0.1, -0.05) is 0 Å². The van der Waals surface area contributed by atoms with E-state index in [1.54, 1.807) is 0 Å². The molecule has 0 atom stereocenters. The second-order valence-corrected chi connectivity index (χ2v) is 3.55. The number of halogens is 4. The van der Waals surface area contributed by atoms with Crippen molar-refractivity contribution >= 4 is 18.2 Å². The molecule has 0 radical (unpaired) electrons. The number of alkyl halides is 3. The maximum atomic E-state index is 12.2. The summed E-state index contributed by atoms with van der Waals surface area (Å²) in [5, 5.41) is 7.11. The number of amidine groups is 1. The quantitative estimate of drug-likeness (QED) is 0.528. The maximum Gasteiger partial charge on any atom is 0.391 e. The van der Waals surface area contributed by atoms with Crippen molar-refractivity contribution < 1.29 is 13.2 Å². The molecule has 0 spiro atoms. The summed E-state index contributed by atoms with van der Waals surface area (Å²) < 4.78 is 36.6. The predicted octanol–water partition coefficient (Wildman–Crippen LogP) is 2.71. The van der Waals surface area contributed by atoms with E-state index in [2.05, 4.69) is 0 Å². The number of nitrogens with one attached hydrogen (secondary N) is 1. The Hall–Kier alpha value is -0.450. The van der Waals surface area contributed by atoms with E-state index < -0.39 is 12.1 Å². The van der Waals surface area contributed by atoms with Crippen LogP contribution in [0.15, 0.2) is 0 Å². The van der Waals surface area contributed by atoms with Gasteiger partial charge in [-0.15, -0.1) is 12.4 Å². The van der Waals surface area contributed by atoms with Crippen LogP contribution < -0.4 is 5.73 Å². The molecule has 0 aromatic heterocycles. The van der Waals surface area contributed by atoms with Crippen LogP contribution in [0.2, 0.25) is 0 Å². The van der Waals surface area contributed by atoms with Crippen LogP contribution in [0.1, 0.15) is 25.7 Å². The second kappa shape index (κ2) is 4.87. The molecule has 0 saturated heterocycles. The van der Waals surface area contributed by atoms with Crippen LogP contribution in [-0.2, 0) is 0 Å². The van der Waals surface area contributed by atoms with Crippen molar-refractivity contribution in [2.45, 2.75) is 31.9 Å². The first kappa shape index (κ1) is 13.5. The highest BCUT2D eigenvalue weighted by Gasteiger charge is 2.41. The maximum absolute atomic E-state index is 12.2. The van der Waals surface area contributed by atoms with Gasteiger partial charge in [-0.25, -0.2) is 0 Å². The van der Waals surface area contributed by atoms with Crippen LogP contribution in [0.3, 0.4) is 0 Å². The molecule has 1 fully saturated rings. The van der Waals surface area contributed by atoms with Gasteiger partial charge in [-0.3, -0.25) is 5.41 Å². The van der Waals surface area contributed by atoms with Crippen molar-refractivity contribution in [2.75, 3.05) is 0 Å². The molecule has 1 aliphatic carbocycles. The first-order valence-corrected chi connectivity index (χ1v) is 4.32. The third-order valence-corrected chi connectivity index (χ3v) is 2.63. The molecule has 0 aromatic rings. The minimum atomic E-state index is -4.07. The highest BCUT2D eigenvalue weighted by Crippen LogP contribution is 2.39. The molecule has 0 aliphatic heterocycles. The summed E-state index contributed by atoms with van der Waals surface area (Å²) in [6.45, 7) is 0. The zero-order valence-electron chi connectivity index (χ0n) is 7.60. The first-order chi connectivity index (χ1) is 5.91. The predicted molar refractivity (Wildman–Crippen MR) is 50.7 cm³/mol. The van der Waals surface area contributed by atoms with Gasteiger partial charge in [0.25, 0.3) is 0 Å². The van der Waals surface area contributed by atoms with Crippen molar-refractivity contribution in [3.8, 4) is 0 Å². The van der Waals surface area contributed by atoms with Crippen molar-refractivity contribution in [1.82, 2.24) is 0 Å². The lowest BCUT2D eigenvalue weighted by Crippen LogP contribution is -2.32. The topological polar surface area (TPSA) is 49.9 Å². The van der Waals surface area contributed by atoms with Crippen molar-refractivity contribution in [2.24, 2.45) is 17.6 Å². The minimum absolute atomic E-state index is 0. The molecular weight excluding hydrogens is 217 g/mol. The standard InChI is InChI=1S/C8H13F3N2.ClH/c9-8(10,11)6-3-1-5(2-4-6)7(12)13;/h5-6H,1-4H2,(H3,12,13);1H. The van der Waals surface area contributed by atoms with Crippen LogP contribution >= 0.6 is 12.4 Å². The molecule has 6 heteroatoms. The number of nitrogens with two attached hydrogens (primary N) is 1. The van der Waals surface area contributed by atoms with Gasteiger partial charge >= 0.3 is 6.18 Å². The van der Waals surface area contributed by atoms with Gasteiger partial charge in [-0.05, 0) is 25.7 Å². The SMILES string of the molecule is Cl.N=C(N)C1CCC(C(F)(F)F)CC1. The molecule has 1 aliphatic rings. The molecule has 1 saturated carbocycles. The molecular formula is C8H14ClF3N2. The summed E-state index contributed by atoms with van der Waals surface area (Å²) in [5.41, 5.74) is 5.22. The molecule has 3 N–H and O–H groups in total. The molecule has 1 rings (SSSR count). The molecule has 0 amide bonds. The Labute approximate surface area is 87.0 Å². The monoisotopic (exact) mass is 230 g/mol. The Morgan fingerprint density at radius 3 is 1.86 bits per heavy atom. The van der Waals surface area contributed by atoms with E-state index in [0.29, 0.717) is 12.8 Å². The van der Waals surface area contributed by atoms with Gasteiger partial charge in [-0.2, -0.15) is 13.2 Å². The Bertz CT molecular complexity index is 197. The Balaban J connectivity index is 0.00000169. The summed E-state index contributed by atoms with van der Waals surface area (Å²) in [5.74, 6) is -1.28. The lowest BCUT2D eigenvalue weighted by Gasteiger charge is -2.28. The molecule has 0 unspecified atom stereocenters. The normalized spacial score (nSPS) is 27.9. The van der Waals surface area contributed by atoms with E-state index in [9.17, 15) is 13.2 Å². The van der Waals surface area contributed by atoms with Crippen molar-refractivity contribution in [3.63, 3.8) is 0 Å². The van der Waals surface area contributed by atoms with Crippen molar-refractivity contribution in [3.05, 3.63) is 0 Å². The van der Waals surface area contributed by atoms with Gasteiger partial charge in [0.15, 0.2) is 0 Å². The van der Waals surface area contributed by atoms with Crippen molar-refractivity contribution in [1.29, 1.82) is 5.41 Å². The van der Waals surface area contributed by atoms with Crippen LogP contribution in [-0.4, -0.2) is 12.0 Å². The molecule has 0 aromatic carbocycles. The Morgan fingerprint density at radius 1 is 1.14 bits per heavy atom. The Kier molecular flexibility index (Phi) is 4.71. The van der Waals surface area contributed by atoms with Gasteiger partial charge in [0.1, 0.15) is 0 Å². The fourth-order valence-electron chi connectivity index (χ4n) is 1.73. The van der Waals surface area contributed by atoms with E-state index in [1.165, 1.54) is 0 Å². The van der Waals surface area contributed by atoms with Crippen LogP contribution in [0.25, 0.3) is 0 Å². The number of rotatable bonds is 1. The summed E-state index contributed by atoms with van der Waals surface area (Å²) in [4.78, 5) is 0. The lowest BCUT2D eigenvalue weighted by molar-refractivity contribution is -0.182. The van der Waals surface area contributed by atoms with E-state index in [1.807, 2.05) is 0 Å². The summed E-state index contributed by atoms with van der Waals surface area (Å²) in [6.07, 6.45) is -3.03. The van der Waals surface area contributed by atoms with Gasteiger partial charge in [0.2, 0.25) is 0 Å². The summed E-state index contributed by atoms with van der Waals surface area (Å²) in [6, 6.07) is 0. The summed E-state index contributed by atoms with van der Waals surface area (Å²) in [7, 11) is 0. The van der Waals surface area contributed by atoms with E-state index in [4.69, 9.17) is 11.1 Å². The fraction of sp³-hybridized carbons (Fsp3) is 0.875. The van der Waals surface area contributed by atoms with Gasteiger partial charge < -0.3 is 5.73 Å². The van der Waals surface area contributed by atoms with Crippen LogP contribution in [0.4, 0.5) is 13.2 Å². The average Bonchev–Trinajstić information content (AvgIpc) is 2.03. The van der Waals surface area contributed by atoms with E-state index in [-0.39, 0.29) is 37.0 Å². The lowest BCUT2D eigenvalue weighted by atomic mass is 9.81. The highest BCUT2D eigenvalue weighted by molar-refractivity contribution is 5.85. The first-order valence-electron chi connectivity index (χ1n) is 4.32. The second-order valence-electron chi connectivity index (χ2n) is 3.55. The fourth-order valence-corrected chi connectivity index (χ4v) is 1.73. The zero-order valence-corrected chi connectivity index (χ0v) is 8.42. The zero-order chi connectivity index (χ0) is 10.1. The minimum Gasteiger partial charge on any atom is -0.387 e. The highest BCUT2D eigenvalue weighted by atomic mass is 35.5. The number of hydrogen-bond acceptors (Lipinski definition) is 1. The van der Waals surface area contributed by atoms with E-state index in [0.717, 1.165) is 0 Å². The molecule has 0 bridgehead atoms. The smallest absolute Gasteiger partial charge is 0.387 e. The largest absolute Gasteiger partial charge is 0.391 e. The third kappa shape index (κ3) is 3.36. The van der Waals surface area contributed by atoms with Crippen LogP contribution in [0.5, 0.6) is 0 Å². The Morgan fingerprint density at radius 2 is 1.57 bits per heavy atom. The van der Waals surface area contributed by atoms with Crippen LogP contribution in [0, 0.1) is 17.2 Å². The van der Waals surface area contributed by atoms with Gasteiger partial charge in [0.05, 0.1) is 11.8 Å². The third-order valence-electron chi connectivity index (χ3n) is 2.63. The van der Waals surface area contributed by atoms with Gasteiger partial charge in [0, 0.05) is 5.92 Å². The summed E-state index contributed by atoms with van der Waals surface area (Å²) >= 11 is 0. The molecule has 0 heterocycles. The average molecular weight is 231 g/mol. The molecule has 2 nitrogen and oxygen atoms in total. The van der Waals surface area contributed by atoms with E-state index >= 15 is 0 Å². The molecule has 14 heavy (non-hydrogen) atoms. The number of hydrogen-bond donors (Lipinski definition) is 2. The molecule has 84 valence electrons.